The minimum Gasteiger partial charge on any atom is -0.504 e. The van der Waals surface area contributed by atoms with Crippen molar-refractivity contribution >= 4 is 0 Å². The van der Waals surface area contributed by atoms with E-state index in [0.29, 0.717) is 0 Å². The van der Waals surface area contributed by atoms with Crippen molar-refractivity contribution in [1.29, 1.82) is 0 Å². The maximum Gasteiger partial charge on any atom is 0.387 e. The van der Waals surface area contributed by atoms with Crippen LogP contribution in [0.25, 0.3) is 0 Å². The van der Waals surface area contributed by atoms with Crippen LogP contribution in [0.5, 0.6) is 11.5 Å². The lowest BCUT2D eigenvalue weighted by Crippen LogP contribution is -2.02. The Hall–Kier alpha value is -1.32. The van der Waals surface area contributed by atoms with Gasteiger partial charge in [0.05, 0.1) is 0 Å². The number of aromatic hydroxyl groups is 1. The molecule has 0 fully saturated rings. The summed E-state index contributed by atoms with van der Waals surface area (Å²) in [6.45, 7) is 0.627. The van der Waals surface area contributed by atoms with Gasteiger partial charge in [0.1, 0.15) is 0 Å². The van der Waals surface area contributed by atoms with Crippen molar-refractivity contribution in [2.24, 2.45) is 0 Å². The molecule has 13 heavy (non-hydrogen) atoms. The minimum absolute atomic E-state index is 0.182. The van der Waals surface area contributed by atoms with Gasteiger partial charge in [0, 0.05) is 0 Å². The van der Waals surface area contributed by atoms with E-state index in [0.717, 1.165) is 11.1 Å². The van der Waals surface area contributed by atoms with Crippen LogP contribution in [0.4, 0.5) is 8.78 Å². The molecular weight excluding hydrogens is 178 g/mol. The van der Waals surface area contributed by atoms with Crippen molar-refractivity contribution in [2.45, 2.75) is 20.5 Å². The van der Waals surface area contributed by atoms with Crippen LogP contribution >= 0.6 is 0 Å². The lowest BCUT2D eigenvalue weighted by atomic mass is 10.1. The molecule has 2 nitrogen and oxygen atoms in total. The normalized spacial score (nSPS) is 10.5. The van der Waals surface area contributed by atoms with E-state index in [1.165, 1.54) is 12.1 Å². The summed E-state index contributed by atoms with van der Waals surface area (Å²) < 4.78 is 27.7. The molecular formula is C9H10F2O2. The third-order valence-electron chi connectivity index (χ3n) is 1.79. The van der Waals surface area contributed by atoms with Crippen LogP contribution in [0.15, 0.2) is 12.1 Å². The predicted octanol–water partition coefficient (Wildman–Crippen LogP) is 2.61. The van der Waals surface area contributed by atoms with E-state index in [9.17, 15) is 13.9 Å². The zero-order chi connectivity index (χ0) is 10.0. The van der Waals surface area contributed by atoms with Crippen LogP contribution < -0.4 is 4.74 Å². The average Bonchev–Trinajstić information content (AvgIpc) is 1.99. The fourth-order valence-electron chi connectivity index (χ4n) is 0.965. The number of hydrogen-bond acceptors (Lipinski definition) is 2. The third kappa shape index (κ3) is 2.31. The van der Waals surface area contributed by atoms with Crippen LogP contribution in [0.3, 0.4) is 0 Å². The monoisotopic (exact) mass is 188 g/mol. The van der Waals surface area contributed by atoms with Gasteiger partial charge in [-0.2, -0.15) is 8.78 Å². The number of hydrogen-bond donors (Lipinski definition) is 1. The summed E-state index contributed by atoms with van der Waals surface area (Å²) >= 11 is 0. The Balaban J connectivity index is 3.01. The summed E-state index contributed by atoms with van der Waals surface area (Å²) in [7, 11) is 0. The lowest BCUT2D eigenvalue weighted by Gasteiger charge is -2.08. The average molecular weight is 188 g/mol. The van der Waals surface area contributed by atoms with Crippen molar-refractivity contribution in [1.82, 2.24) is 0 Å². The number of rotatable bonds is 2. The second kappa shape index (κ2) is 3.60. The lowest BCUT2D eigenvalue weighted by molar-refractivity contribution is -0.0512. The molecule has 0 aliphatic carbocycles. The Morgan fingerprint density at radius 1 is 1.23 bits per heavy atom. The largest absolute Gasteiger partial charge is 0.504 e. The summed E-state index contributed by atoms with van der Waals surface area (Å²) in [5, 5.41) is 9.21. The zero-order valence-electron chi connectivity index (χ0n) is 7.34. The van der Waals surface area contributed by atoms with E-state index < -0.39 is 6.61 Å². The van der Waals surface area contributed by atoms with Crippen molar-refractivity contribution in [3.63, 3.8) is 0 Å². The topological polar surface area (TPSA) is 29.5 Å². The fourth-order valence-corrected chi connectivity index (χ4v) is 0.965. The molecule has 1 aromatic carbocycles. The highest BCUT2D eigenvalue weighted by atomic mass is 19.3. The van der Waals surface area contributed by atoms with Crippen molar-refractivity contribution in [3.8, 4) is 11.5 Å². The Labute approximate surface area is 74.8 Å². The van der Waals surface area contributed by atoms with Crippen LogP contribution in [-0.2, 0) is 0 Å². The Bertz CT molecular complexity index is 311. The van der Waals surface area contributed by atoms with Crippen LogP contribution in [0, 0.1) is 13.8 Å². The number of alkyl halides is 2. The smallest absolute Gasteiger partial charge is 0.387 e. The van der Waals surface area contributed by atoms with Gasteiger partial charge in [-0.05, 0) is 37.1 Å². The Kier molecular flexibility index (Phi) is 2.70. The number of halogens is 2. The van der Waals surface area contributed by atoms with Gasteiger partial charge in [-0.1, -0.05) is 0 Å². The second-order valence-electron chi connectivity index (χ2n) is 2.78. The first kappa shape index (κ1) is 9.77. The SMILES string of the molecule is Cc1cc(O)c(OC(F)F)cc1C. The minimum atomic E-state index is -2.91. The van der Waals surface area contributed by atoms with Crippen molar-refractivity contribution in [3.05, 3.63) is 23.3 Å². The molecule has 0 aliphatic rings. The highest BCUT2D eigenvalue weighted by Gasteiger charge is 2.10. The molecule has 0 heterocycles. The van der Waals surface area contributed by atoms with Crippen molar-refractivity contribution < 1.29 is 18.6 Å². The molecule has 0 unspecified atom stereocenters. The molecule has 0 atom stereocenters. The van der Waals surface area contributed by atoms with Crippen LogP contribution in [0.2, 0.25) is 0 Å². The zero-order valence-corrected chi connectivity index (χ0v) is 7.34. The Morgan fingerprint density at radius 2 is 1.77 bits per heavy atom. The highest BCUT2D eigenvalue weighted by molar-refractivity contribution is 5.45. The van der Waals surface area contributed by atoms with Gasteiger partial charge in [-0.15, -0.1) is 0 Å². The molecule has 0 aliphatic heterocycles. The molecule has 0 radical (unpaired) electrons. The molecule has 0 saturated carbocycles. The molecule has 4 heteroatoms. The number of phenolic OH excluding ortho intramolecular Hbond substituents is 1. The summed E-state index contributed by atoms with van der Waals surface area (Å²) in [5.74, 6) is -0.443. The molecule has 1 aromatic rings. The summed E-state index contributed by atoms with van der Waals surface area (Å²) in [5.41, 5.74) is 1.63. The van der Waals surface area contributed by atoms with E-state index in [1.807, 2.05) is 0 Å². The van der Waals surface area contributed by atoms with Gasteiger partial charge < -0.3 is 9.84 Å². The maximum atomic E-state index is 11.8. The molecule has 1 N–H and O–H groups in total. The number of ether oxygens (including phenoxy) is 1. The summed E-state index contributed by atoms with van der Waals surface area (Å²) in [6, 6.07) is 2.78. The highest BCUT2D eigenvalue weighted by Crippen LogP contribution is 2.30. The van der Waals surface area contributed by atoms with Crippen LogP contribution in [-0.4, -0.2) is 11.7 Å². The fraction of sp³-hybridized carbons (Fsp3) is 0.333. The van der Waals surface area contributed by atoms with Gasteiger partial charge >= 0.3 is 6.61 Å². The molecule has 0 spiro atoms. The van der Waals surface area contributed by atoms with E-state index in [-0.39, 0.29) is 11.5 Å². The maximum absolute atomic E-state index is 11.8. The van der Waals surface area contributed by atoms with Gasteiger partial charge in [0.2, 0.25) is 0 Å². The van der Waals surface area contributed by atoms with Crippen molar-refractivity contribution in [2.75, 3.05) is 0 Å². The third-order valence-corrected chi connectivity index (χ3v) is 1.79. The summed E-state index contributed by atoms with van der Waals surface area (Å²) in [6.07, 6.45) is 0. The van der Waals surface area contributed by atoms with Gasteiger partial charge in [-0.25, -0.2) is 0 Å². The second-order valence-corrected chi connectivity index (χ2v) is 2.78. The van der Waals surface area contributed by atoms with E-state index in [1.54, 1.807) is 13.8 Å². The first-order valence-corrected chi connectivity index (χ1v) is 3.75. The molecule has 72 valence electrons. The first-order chi connectivity index (χ1) is 6.00. The number of phenols is 1. The molecule has 0 amide bonds. The van der Waals surface area contributed by atoms with Crippen LogP contribution in [0.1, 0.15) is 11.1 Å². The van der Waals surface area contributed by atoms with Gasteiger partial charge in [0.25, 0.3) is 0 Å². The molecule has 0 aromatic heterocycles. The van der Waals surface area contributed by atoms with E-state index >= 15 is 0 Å². The van der Waals surface area contributed by atoms with E-state index in [4.69, 9.17) is 0 Å². The number of benzene rings is 1. The Morgan fingerprint density at radius 3 is 2.31 bits per heavy atom. The predicted molar refractivity (Wildman–Crippen MR) is 44.2 cm³/mol. The molecule has 0 bridgehead atoms. The van der Waals surface area contributed by atoms with Gasteiger partial charge in [0.15, 0.2) is 11.5 Å². The first-order valence-electron chi connectivity index (χ1n) is 3.75. The van der Waals surface area contributed by atoms with Gasteiger partial charge in [-0.3, -0.25) is 0 Å². The molecule has 0 saturated heterocycles. The molecule has 1 rings (SSSR count). The standard InChI is InChI=1S/C9H10F2O2/c1-5-3-7(12)8(4-6(5)2)13-9(10)11/h3-4,9,12H,1-2H3. The number of aryl methyl sites for hydroxylation is 2. The van der Waals surface area contributed by atoms with E-state index in [2.05, 4.69) is 4.74 Å². The quantitative estimate of drug-likeness (QED) is 0.772. The summed E-state index contributed by atoms with van der Waals surface area (Å²) in [4.78, 5) is 0.